The molecule has 2 N–H and O–H groups in total. The van der Waals surface area contributed by atoms with Crippen molar-refractivity contribution in [2.75, 3.05) is 20.6 Å². The van der Waals surface area contributed by atoms with E-state index < -0.39 is 10.0 Å². The number of sulfonamides is 1. The fourth-order valence-electron chi connectivity index (χ4n) is 4.19. The molecule has 1 amide bonds. The molecule has 0 saturated heterocycles. The maximum atomic E-state index is 13.2. The average Bonchev–Trinajstić information content (AvgIpc) is 3.25. The monoisotopic (exact) mass is 475 g/mol. The summed E-state index contributed by atoms with van der Waals surface area (Å²) in [6.07, 6.45) is 1.99. The summed E-state index contributed by atoms with van der Waals surface area (Å²) in [5.41, 5.74) is 4.95. The van der Waals surface area contributed by atoms with Crippen molar-refractivity contribution in [3.8, 4) is 0 Å². The number of aryl methyl sites for hydroxylation is 1. The zero-order chi connectivity index (χ0) is 24.5. The van der Waals surface area contributed by atoms with Gasteiger partial charge in [0.2, 0.25) is 10.0 Å². The molecule has 0 spiro atoms. The molecular formula is C27H29N3O3S. The van der Waals surface area contributed by atoms with Gasteiger partial charge in [-0.3, -0.25) is 4.79 Å². The van der Waals surface area contributed by atoms with E-state index in [0.29, 0.717) is 17.7 Å². The Morgan fingerprint density at radius 2 is 1.68 bits per heavy atom. The molecule has 4 aromatic rings. The topological polar surface area (TPSA) is 82.3 Å². The van der Waals surface area contributed by atoms with Crippen LogP contribution >= 0.6 is 0 Å². The van der Waals surface area contributed by atoms with Gasteiger partial charge in [-0.25, -0.2) is 12.7 Å². The highest BCUT2D eigenvalue weighted by Crippen LogP contribution is 2.30. The highest BCUT2D eigenvalue weighted by atomic mass is 32.2. The first kappa shape index (κ1) is 23.7. The summed E-state index contributed by atoms with van der Waals surface area (Å²) in [6, 6.07) is 21.3. The summed E-state index contributed by atoms with van der Waals surface area (Å²) >= 11 is 0. The number of nitrogens with zero attached hydrogens (tertiary/aromatic N) is 1. The zero-order valence-corrected chi connectivity index (χ0v) is 20.6. The van der Waals surface area contributed by atoms with Gasteiger partial charge in [0.25, 0.3) is 5.91 Å². The molecule has 7 heteroatoms. The van der Waals surface area contributed by atoms with Crippen LogP contribution in [-0.4, -0.2) is 44.3 Å². The lowest BCUT2D eigenvalue weighted by atomic mass is 9.91. The van der Waals surface area contributed by atoms with E-state index in [1.165, 1.54) is 24.5 Å². The third-order valence-electron chi connectivity index (χ3n) is 6.31. The molecular weight excluding hydrogens is 446 g/mol. The minimum atomic E-state index is -3.67. The summed E-state index contributed by atoms with van der Waals surface area (Å²) in [5.74, 6) is -0.378. The molecule has 0 aliphatic rings. The number of fused-ring (bicyclic) bond motifs is 1. The molecule has 0 radical (unpaired) electrons. The van der Waals surface area contributed by atoms with Gasteiger partial charge in [0.15, 0.2) is 0 Å². The second-order valence-electron chi connectivity index (χ2n) is 8.67. The fraction of sp³-hybridized carbons (Fsp3) is 0.222. The van der Waals surface area contributed by atoms with Gasteiger partial charge in [-0.2, -0.15) is 0 Å². The molecule has 1 aromatic heterocycles. The lowest BCUT2D eigenvalue weighted by molar-refractivity contribution is 0.0952. The fourth-order valence-corrected chi connectivity index (χ4v) is 5.41. The van der Waals surface area contributed by atoms with Crippen LogP contribution in [0.1, 0.15) is 38.5 Å². The van der Waals surface area contributed by atoms with Crippen molar-refractivity contribution < 1.29 is 13.2 Å². The Balaban J connectivity index is 1.67. The van der Waals surface area contributed by atoms with E-state index in [9.17, 15) is 13.2 Å². The maximum absolute atomic E-state index is 13.2. The Bertz CT molecular complexity index is 1440. The zero-order valence-electron chi connectivity index (χ0n) is 19.8. The van der Waals surface area contributed by atoms with Crippen LogP contribution in [0.3, 0.4) is 0 Å². The standard InChI is InChI=1S/C27H29N3O3S/c1-18-14-21(15-26(19(18)2)34(32,33)30(3)4)27(31)29-16-23(20-10-6-5-7-11-20)24-17-28-25-13-9-8-12-22(24)25/h5-15,17,23,28H,16H2,1-4H3,(H,29,31). The lowest BCUT2D eigenvalue weighted by Gasteiger charge is -2.19. The van der Waals surface area contributed by atoms with Crippen LogP contribution in [-0.2, 0) is 10.0 Å². The molecule has 4 rings (SSSR count). The number of hydrogen-bond acceptors (Lipinski definition) is 3. The number of aromatic nitrogens is 1. The number of hydrogen-bond donors (Lipinski definition) is 2. The van der Waals surface area contributed by atoms with Gasteiger partial charge in [0.1, 0.15) is 0 Å². The summed E-state index contributed by atoms with van der Waals surface area (Å²) in [6.45, 7) is 3.95. The smallest absolute Gasteiger partial charge is 0.251 e. The molecule has 0 aliphatic carbocycles. The van der Waals surface area contributed by atoms with Crippen LogP contribution in [0.2, 0.25) is 0 Å². The van der Waals surface area contributed by atoms with Crippen LogP contribution < -0.4 is 5.32 Å². The Morgan fingerprint density at radius 1 is 1.00 bits per heavy atom. The molecule has 1 atom stereocenters. The molecule has 3 aromatic carbocycles. The van der Waals surface area contributed by atoms with Gasteiger partial charge in [0.05, 0.1) is 4.90 Å². The van der Waals surface area contributed by atoms with Crippen LogP contribution in [0.25, 0.3) is 10.9 Å². The average molecular weight is 476 g/mol. The third-order valence-corrected chi connectivity index (χ3v) is 8.25. The van der Waals surface area contributed by atoms with Gasteiger partial charge < -0.3 is 10.3 Å². The molecule has 0 aliphatic heterocycles. The Labute approximate surface area is 200 Å². The van der Waals surface area contributed by atoms with Crippen LogP contribution in [0.5, 0.6) is 0 Å². The van der Waals surface area contributed by atoms with E-state index in [1.807, 2.05) is 49.5 Å². The van der Waals surface area contributed by atoms with Gasteiger partial charge in [-0.1, -0.05) is 48.5 Å². The summed E-state index contributed by atoms with van der Waals surface area (Å²) < 4.78 is 26.8. The third kappa shape index (κ3) is 4.49. The maximum Gasteiger partial charge on any atom is 0.251 e. The molecule has 6 nitrogen and oxygen atoms in total. The summed E-state index contributed by atoms with van der Waals surface area (Å²) in [5, 5.41) is 4.15. The number of para-hydroxylation sites is 1. The number of H-pyrrole nitrogens is 1. The Kier molecular flexibility index (Phi) is 6.59. The van der Waals surface area contributed by atoms with Crippen molar-refractivity contribution in [2.24, 2.45) is 0 Å². The predicted molar refractivity (Wildman–Crippen MR) is 136 cm³/mol. The van der Waals surface area contributed by atoms with E-state index in [0.717, 1.165) is 27.6 Å². The number of amides is 1. The van der Waals surface area contributed by atoms with Crippen LogP contribution in [0.4, 0.5) is 0 Å². The summed E-state index contributed by atoms with van der Waals surface area (Å²) in [4.78, 5) is 16.7. The predicted octanol–water partition coefficient (Wildman–Crippen LogP) is 4.60. The van der Waals surface area contributed by atoms with Gasteiger partial charge >= 0.3 is 0 Å². The highest BCUT2D eigenvalue weighted by Gasteiger charge is 2.24. The highest BCUT2D eigenvalue weighted by molar-refractivity contribution is 7.89. The van der Waals surface area contributed by atoms with Crippen molar-refractivity contribution in [1.29, 1.82) is 0 Å². The number of rotatable bonds is 7. The van der Waals surface area contributed by atoms with E-state index in [4.69, 9.17) is 0 Å². The van der Waals surface area contributed by atoms with Crippen LogP contribution in [0.15, 0.2) is 77.8 Å². The lowest BCUT2D eigenvalue weighted by Crippen LogP contribution is -2.30. The van der Waals surface area contributed by atoms with Gasteiger partial charge in [-0.05, 0) is 54.3 Å². The van der Waals surface area contributed by atoms with Crippen molar-refractivity contribution in [1.82, 2.24) is 14.6 Å². The number of aromatic amines is 1. The SMILES string of the molecule is Cc1cc(C(=O)NCC(c2ccccc2)c2c[nH]c3ccccc23)cc(S(=O)(=O)N(C)C)c1C. The van der Waals surface area contributed by atoms with Gasteiger partial charge in [0, 0.05) is 49.2 Å². The molecule has 0 fully saturated rings. The second-order valence-corrected chi connectivity index (χ2v) is 10.8. The van der Waals surface area contributed by atoms with Crippen molar-refractivity contribution >= 4 is 26.8 Å². The number of benzene rings is 3. The molecule has 1 heterocycles. The van der Waals surface area contributed by atoms with Crippen molar-refractivity contribution in [3.05, 3.63) is 101 Å². The van der Waals surface area contributed by atoms with Crippen molar-refractivity contribution in [2.45, 2.75) is 24.7 Å². The summed E-state index contributed by atoms with van der Waals surface area (Å²) in [7, 11) is -0.694. The molecule has 0 saturated carbocycles. The number of carbonyl (C=O) groups excluding carboxylic acids is 1. The Hall–Kier alpha value is -3.42. The molecule has 176 valence electrons. The number of nitrogens with one attached hydrogen (secondary N) is 2. The molecule has 34 heavy (non-hydrogen) atoms. The second kappa shape index (κ2) is 9.44. The first-order chi connectivity index (χ1) is 16.2. The largest absolute Gasteiger partial charge is 0.361 e. The van der Waals surface area contributed by atoms with E-state index in [2.05, 4.69) is 28.5 Å². The Morgan fingerprint density at radius 3 is 2.38 bits per heavy atom. The first-order valence-electron chi connectivity index (χ1n) is 11.1. The van der Waals surface area contributed by atoms with Crippen LogP contribution in [0, 0.1) is 13.8 Å². The van der Waals surface area contributed by atoms with Gasteiger partial charge in [-0.15, -0.1) is 0 Å². The van der Waals surface area contributed by atoms with Crippen molar-refractivity contribution in [3.63, 3.8) is 0 Å². The quantitative estimate of drug-likeness (QED) is 0.410. The normalized spacial score (nSPS) is 12.7. The minimum Gasteiger partial charge on any atom is -0.361 e. The minimum absolute atomic E-state index is 0.0715. The molecule has 0 bridgehead atoms. The molecule has 1 unspecified atom stereocenters. The number of carbonyl (C=O) groups is 1. The first-order valence-corrected chi connectivity index (χ1v) is 12.6. The van der Waals surface area contributed by atoms with E-state index in [-0.39, 0.29) is 16.7 Å². The van der Waals surface area contributed by atoms with E-state index >= 15 is 0 Å². The van der Waals surface area contributed by atoms with E-state index in [1.54, 1.807) is 13.0 Å².